The molecule has 1 aromatic rings. The van der Waals surface area contributed by atoms with E-state index in [0.717, 1.165) is 5.56 Å². The number of urea groups is 1. The maximum absolute atomic E-state index is 12.4. The summed E-state index contributed by atoms with van der Waals surface area (Å²) < 4.78 is 34.4. The predicted molar refractivity (Wildman–Crippen MR) is 82.9 cm³/mol. The SMILES string of the molecule is CCOc1cc(CN(C)CCC(=O)NC(N)=O)ccc1OC(F)F. The van der Waals surface area contributed by atoms with Gasteiger partial charge in [0.1, 0.15) is 0 Å². The summed E-state index contributed by atoms with van der Waals surface area (Å²) in [4.78, 5) is 23.7. The van der Waals surface area contributed by atoms with Crippen LogP contribution in [0.25, 0.3) is 0 Å². The zero-order valence-electron chi connectivity index (χ0n) is 13.6. The Labute approximate surface area is 138 Å². The van der Waals surface area contributed by atoms with Gasteiger partial charge in [0.25, 0.3) is 0 Å². The molecule has 0 saturated carbocycles. The number of alkyl halides is 2. The number of benzene rings is 1. The number of carbonyl (C=O) groups excluding carboxylic acids is 2. The maximum Gasteiger partial charge on any atom is 0.387 e. The number of rotatable bonds is 9. The summed E-state index contributed by atoms with van der Waals surface area (Å²) >= 11 is 0. The van der Waals surface area contributed by atoms with Crippen LogP contribution in [0.3, 0.4) is 0 Å². The molecule has 1 rings (SSSR count). The number of nitrogens with zero attached hydrogens (tertiary/aromatic N) is 1. The highest BCUT2D eigenvalue weighted by Gasteiger charge is 2.13. The largest absolute Gasteiger partial charge is 0.490 e. The molecule has 3 amide bonds. The van der Waals surface area contributed by atoms with Crippen molar-refractivity contribution in [3.63, 3.8) is 0 Å². The highest BCUT2D eigenvalue weighted by atomic mass is 19.3. The summed E-state index contributed by atoms with van der Waals surface area (Å²) in [5.74, 6) is -0.265. The van der Waals surface area contributed by atoms with Gasteiger partial charge in [-0.15, -0.1) is 0 Å². The van der Waals surface area contributed by atoms with E-state index >= 15 is 0 Å². The Bertz CT molecular complexity index is 570. The van der Waals surface area contributed by atoms with Crippen LogP contribution in [0.4, 0.5) is 13.6 Å². The van der Waals surface area contributed by atoms with Gasteiger partial charge in [0, 0.05) is 19.5 Å². The van der Waals surface area contributed by atoms with Crippen molar-refractivity contribution in [1.29, 1.82) is 0 Å². The minimum Gasteiger partial charge on any atom is -0.490 e. The van der Waals surface area contributed by atoms with Gasteiger partial charge in [-0.25, -0.2) is 4.79 Å². The molecule has 7 nitrogen and oxygen atoms in total. The molecule has 1 aromatic carbocycles. The van der Waals surface area contributed by atoms with Crippen molar-refractivity contribution in [3.05, 3.63) is 23.8 Å². The summed E-state index contributed by atoms with van der Waals surface area (Å²) in [5, 5.41) is 1.98. The molecule has 0 aliphatic carbocycles. The quantitative estimate of drug-likeness (QED) is 0.710. The van der Waals surface area contributed by atoms with Crippen LogP contribution >= 0.6 is 0 Å². The summed E-state index contributed by atoms with van der Waals surface area (Å²) in [6, 6.07) is 3.78. The van der Waals surface area contributed by atoms with Gasteiger partial charge < -0.3 is 20.1 Å². The van der Waals surface area contributed by atoms with E-state index in [4.69, 9.17) is 10.5 Å². The van der Waals surface area contributed by atoms with Crippen LogP contribution in [-0.4, -0.2) is 43.6 Å². The molecule has 0 heterocycles. The number of hydrogen-bond donors (Lipinski definition) is 2. The first kappa shape index (κ1) is 19.6. The van der Waals surface area contributed by atoms with Gasteiger partial charge in [-0.1, -0.05) is 6.07 Å². The number of amides is 3. The van der Waals surface area contributed by atoms with Crippen molar-refractivity contribution in [3.8, 4) is 11.5 Å². The third-order valence-corrected chi connectivity index (χ3v) is 2.96. The van der Waals surface area contributed by atoms with E-state index in [2.05, 4.69) is 4.74 Å². The summed E-state index contributed by atoms with van der Waals surface area (Å²) in [5.41, 5.74) is 5.66. The first-order chi connectivity index (χ1) is 11.3. The summed E-state index contributed by atoms with van der Waals surface area (Å²) in [7, 11) is 1.78. The van der Waals surface area contributed by atoms with E-state index in [-0.39, 0.29) is 17.9 Å². The molecule has 3 N–H and O–H groups in total. The van der Waals surface area contributed by atoms with E-state index < -0.39 is 18.5 Å². The fourth-order valence-corrected chi connectivity index (χ4v) is 2.00. The standard InChI is InChI=1S/C15H21F2N3O4/c1-3-23-12-8-10(4-5-11(12)24-14(16)17)9-20(2)7-6-13(21)19-15(18)22/h4-5,8,14H,3,6-7,9H2,1-2H3,(H3,18,19,21,22). The van der Waals surface area contributed by atoms with E-state index in [1.54, 1.807) is 26.1 Å². The van der Waals surface area contributed by atoms with E-state index in [1.165, 1.54) is 6.07 Å². The minimum atomic E-state index is -2.93. The van der Waals surface area contributed by atoms with Crippen molar-refractivity contribution in [1.82, 2.24) is 10.2 Å². The first-order valence-corrected chi connectivity index (χ1v) is 7.30. The van der Waals surface area contributed by atoms with Gasteiger partial charge in [-0.3, -0.25) is 10.1 Å². The number of carbonyl (C=O) groups is 2. The van der Waals surface area contributed by atoms with Crippen molar-refractivity contribution in [2.45, 2.75) is 26.5 Å². The summed E-state index contributed by atoms with van der Waals surface area (Å²) in [6.45, 7) is -0.0346. The lowest BCUT2D eigenvalue weighted by Crippen LogP contribution is -2.36. The van der Waals surface area contributed by atoms with Gasteiger partial charge in [0.15, 0.2) is 11.5 Å². The number of imide groups is 1. The third kappa shape index (κ3) is 7.23. The van der Waals surface area contributed by atoms with Gasteiger partial charge >= 0.3 is 12.6 Å². The van der Waals surface area contributed by atoms with Crippen LogP contribution < -0.4 is 20.5 Å². The Balaban J connectivity index is 2.64. The van der Waals surface area contributed by atoms with E-state index in [1.807, 2.05) is 10.2 Å². The normalized spacial score (nSPS) is 10.8. The van der Waals surface area contributed by atoms with Crippen LogP contribution in [0.5, 0.6) is 11.5 Å². The van der Waals surface area contributed by atoms with Crippen LogP contribution in [0.1, 0.15) is 18.9 Å². The Morgan fingerprint density at radius 3 is 2.62 bits per heavy atom. The number of nitrogens with two attached hydrogens (primary N) is 1. The number of ether oxygens (including phenoxy) is 2. The lowest BCUT2D eigenvalue weighted by atomic mass is 10.2. The monoisotopic (exact) mass is 345 g/mol. The Morgan fingerprint density at radius 1 is 1.33 bits per heavy atom. The van der Waals surface area contributed by atoms with Crippen LogP contribution in [0, 0.1) is 0 Å². The van der Waals surface area contributed by atoms with Crippen molar-refractivity contribution >= 4 is 11.9 Å². The molecule has 0 atom stereocenters. The average Bonchev–Trinajstić information content (AvgIpc) is 2.47. The Kier molecular flexibility index (Phi) is 7.90. The molecule has 0 aromatic heterocycles. The number of hydrogen-bond acceptors (Lipinski definition) is 5. The maximum atomic E-state index is 12.4. The molecule has 0 spiro atoms. The minimum absolute atomic E-state index is 0.0286. The zero-order valence-corrected chi connectivity index (χ0v) is 13.6. The Morgan fingerprint density at radius 2 is 2.04 bits per heavy atom. The first-order valence-electron chi connectivity index (χ1n) is 7.30. The molecule has 9 heteroatoms. The van der Waals surface area contributed by atoms with E-state index in [0.29, 0.717) is 19.7 Å². The molecule has 0 radical (unpaired) electrons. The van der Waals surface area contributed by atoms with Gasteiger partial charge in [-0.05, 0) is 31.7 Å². The van der Waals surface area contributed by atoms with Gasteiger partial charge in [0.2, 0.25) is 5.91 Å². The molecule has 0 bridgehead atoms. The number of nitrogens with one attached hydrogen (secondary N) is 1. The topological polar surface area (TPSA) is 93.9 Å². The highest BCUT2D eigenvalue weighted by Crippen LogP contribution is 2.30. The van der Waals surface area contributed by atoms with Crippen LogP contribution in [0.15, 0.2) is 18.2 Å². The molecule has 0 aliphatic heterocycles. The number of halogens is 2. The second kappa shape index (κ2) is 9.66. The fraction of sp³-hybridized carbons (Fsp3) is 0.467. The van der Waals surface area contributed by atoms with Crippen molar-refractivity contribution < 1.29 is 27.8 Å². The van der Waals surface area contributed by atoms with E-state index in [9.17, 15) is 18.4 Å². The van der Waals surface area contributed by atoms with Crippen molar-refractivity contribution in [2.24, 2.45) is 5.73 Å². The molecule has 0 saturated heterocycles. The average molecular weight is 345 g/mol. The molecule has 0 unspecified atom stereocenters. The van der Waals surface area contributed by atoms with Crippen molar-refractivity contribution in [2.75, 3.05) is 20.2 Å². The molecule has 134 valence electrons. The fourth-order valence-electron chi connectivity index (χ4n) is 2.00. The Hall–Kier alpha value is -2.42. The highest BCUT2D eigenvalue weighted by molar-refractivity contribution is 5.93. The number of primary amides is 1. The molecular weight excluding hydrogens is 324 g/mol. The summed E-state index contributed by atoms with van der Waals surface area (Å²) in [6.07, 6.45) is 0.102. The van der Waals surface area contributed by atoms with Crippen LogP contribution in [0.2, 0.25) is 0 Å². The smallest absolute Gasteiger partial charge is 0.387 e. The van der Waals surface area contributed by atoms with Gasteiger partial charge in [-0.2, -0.15) is 8.78 Å². The second-order valence-electron chi connectivity index (χ2n) is 4.99. The molecular formula is C15H21F2N3O4. The predicted octanol–water partition coefficient (Wildman–Crippen LogP) is 1.70. The third-order valence-electron chi connectivity index (χ3n) is 2.96. The molecule has 0 fully saturated rings. The lowest BCUT2D eigenvalue weighted by Gasteiger charge is -2.18. The molecule has 24 heavy (non-hydrogen) atoms. The van der Waals surface area contributed by atoms with Gasteiger partial charge in [0.05, 0.1) is 6.61 Å². The lowest BCUT2D eigenvalue weighted by molar-refractivity contribution is -0.120. The zero-order chi connectivity index (χ0) is 18.1. The molecule has 0 aliphatic rings. The second-order valence-corrected chi connectivity index (χ2v) is 4.99. The van der Waals surface area contributed by atoms with Crippen LogP contribution in [-0.2, 0) is 11.3 Å².